The monoisotopic (exact) mass is 736 g/mol. The van der Waals surface area contributed by atoms with Crippen molar-refractivity contribution in [3.63, 3.8) is 0 Å². The summed E-state index contributed by atoms with van der Waals surface area (Å²) in [5, 5.41) is 23.3. The number of halogens is 3. The van der Waals surface area contributed by atoms with Gasteiger partial charge < -0.3 is 28.8 Å². The van der Waals surface area contributed by atoms with Gasteiger partial charge in [-0.05, 0) is 37.3 Å². The number of benzene rings is 2. The van der Waals surface area contributed by atoms with Crippen molar-refractivity contribution < 1.29 is 81.2 Å². The second-order valence-electron chi connectivity index (χ2n) is 11.1. The van der Waals surface area contributed by atoms with Gasteiger partial charge in [-0.25, -0.2) is 22.8 Å². The predicted molar refractivity (Wildman–Crippen MR) is 170 cm³/mol. The summed E-state index contributed by atoms with van der Waals surface area (Å²) in [5.74, 6) is -5.98. The average Bonchev–Trinajstić information content (AvgIpc) is 3.58. The van der Waals surface area contributed by atoms with Crippen molar-refractivity contribution in [2.45, 2.75) is 61.7 Å². The molecule has 12 nitrogen and oxygen atoms in total. The van der Waals surface area contributed by atoms with Crippen LogP contribution in [0.2, 0.25) is 0 Å². The van der Waals surface area contributed by atoms with Crippen LogP contribution < -0.4 is 34.7 Å². The Morgan fingerprint density at radius 2 is 1.90 bits per heavy atom. The summed E-state index contributed by atoms with van der Waals surface area (Å²) in [5.41, 5.74) is -1.53. The van der Waals surface area contributed by atoms with E-state index in [1.54, 1.807) is 25.2 Å². The fraction of sp³-hybridized carbons (Fsp3) is 0.353. The maximum absolute atomic E-state index is 15.6. The molecule has 0 saturated carbocycles. The second kappa shape index (κ2) is 19.6. The fourth-order valence-corrected chi connectivity index (χ4v) is 6.41. The number of nitrogens with zero attached hydrogens (tertiary/aromatic N) is 4. The smallest absolute Gasteiger partial charge is 0.546 e. The molecule has 17 heteroatoms. The number of carboxylic acids is 1. The number of carbonyl (C=O) groups is 3. The van der Waals surface area contributed by atoms with Crippen molar-refractivity contribution >= 4 is 35.7 Å². The SMILES string of the molecule is CC(=O)OC(CCC(=O)O[C@@](Cn1cncn1)(c1ccc(F)cc1F)[C@@H](C)S[C@H]1CO[C@H](C=CC=Cc2ccc(C#N)cc2F)OC1)C(=O)[O-].[Na+]. The molecular weight excluding hydrogens is 704 g/mol. The molecule has 0 amide bonds. The standard InChI is InChI=1S/C34H33F3N4O8S.Na/c1-21(50-26-16-46-32(47-17-26)6-4-3-5-24-8-7-23(15-38)13-28(24)36)34(18-41-20-39-19-40-41,27-10-9-25(35)14-29(27)37)49-31(43)12-11-30(33(44)45)48-22(2)42;/h3-10,13-14,19-21,26,30,32H,11-12,16-18H2,1-2H3,(H,44,45);/q;+1/p-1/t21-,26-,30?,32-,34-;/m1./s1. The van der Waals surface area contributed by atoms with Crippen LogP contribution in [0, 0.1) is 28.8 Å². The van der Waals surface area contributed by atoms with Crippen molar-refractivity contribution in [1.29, 1.82) is 5.26 Å². The van der Waals surface area contributed by atoms with E-state index in [0.717, 1.165) is 25.1 Å². The molecule has 4 rings (SSSR count). The number of esters is 2. The molecule has 1 aromatic heterocycles. The number of carboxylic acid groups (broad SMARTS) is 1. The van der Waals surface area contributed by atoms with Gasteiger partial charge in [0, 0.05) is 42.2 Å². The summed E-state index contributed by atoms with van der Waals surface area (Å²) in [4.78, 5) is 40.0. The maximum Gasteiger partial charge on any atom is 1.00 e. The van der Waals surface area contributed by atoms with Crippen LogP contribution >= 0.6 is 11.8 Å². The Balaban J connectivity index is 0.00000702. The van der Waals surface area contributed by atoms with Crippen LogP contribution in [-0.4, -0.2) is 68.8 Å². The molecule has 1 saturated heterocycles. The quantitative estimate of drug-likeness (QED) is 0.121. The number of allylic oxidation sites excluding steroid dienone is 2. The summed E-state index contributed by atoms with van der Waals surface area (Å²) in [7, 11) is 0. The van der Waals surface area contributed by atoms with E-state index in [1.165, 1.54) is 47.3 Å². The van der Waals surface area contributed by atoms with Crippen molar-refractivity contribution in [1.82, 2.24) is 14.8 Å². The summed E-state index contributed by atoms with van der Waals surface area (Å²) >= 11 is 1.24. The van der Waals surface area contributed by atoms with E-state index < -0.39 is 71.4 Å². The Morgan fingerprint density at radius 1 is 1.16 bits per heavy atom. The summed E-state index contributed by atoms with van der Waals surface area (Å²) in [6, 6.07) is 8.82. The number of nitriles is 1. The minimum atomic E-state index is -1.85. The molecule has 3 atom stereocenters. The third kappa shape index (κ3) is 11.8. The van der Waals surface area contributed by atoms with E-state index in [2.05, 4.69) is 10.1 Å². The van der Waals surface area contributed by atoms with Gasteiger partial charge >= 0.3 is 41.5 Å². The van der Waals surface area contributed by atoms with Gasteiger partial charge in [-0.1, -0.05) is 24.3 Å². The van der Waals surface area contributed by atoms with Crippen molar-refractivity contribution in [3.8, 4) is 6.07 Å². The molecule has 0 aliphatic carbocycles. The molecule has 0 radical (unpaired) electrons. The Morgan fingerprint density at radius 3 is 2.51 bits per heavy atom. The van der Waals surface area contributed by atoms with E-state index >= 15 is 4.39 Å². The summed E-state index contributed by atoms with van der Waals surface area (Å²) in [6.45, 7) is 2.72. The zero-order valence-corrected chi connectivity index (χ0v) is 30.7. The Kier molecular flexibility index (Phi) is 15.9. The second-order valence-corrected chi connectivity index (χ2v) is 12.7. The minimum absolute atomic E-state index is 0. The summed E-state index contributed by atoms with van der Waals surface area (Å²) < 4.78 is 67.4. The van der Waals surface area contributed by atoms with E-state index in [-0.39, 0.29) is 65.7 Å². The summed E-state index contributed by atoms with van der Waals surface area (Å²) in [6.07, 6.45) is 5.38. The average molecular weight is 737 g/mol. The molecular formula is C34H32F3N4NaO8S. The zero-order chi connectivity index (χ0) is 36.3. The predicted octanol–water partition coefficient (Wildman–Crippen LogP) is 0.604. The normalized spacial score (nSPS) is 18.3. The first kappa shape index (κ1) is 41.4. The molecule has 3 aromatic rings. The molecule has 1 fully saturated rings. The number of thioether (sulfide) groups is 1. The molecule has 51 heavy (non-hydrogen) atoms. The molecule has 264 valence electrons. The van der Waals surface area contributed by atoms with E-state index in [1.807, 2.05) is 6.07 Å². The minimum Gasteiger partial charge on any atom is -0.546 e. The molecule has 1 aliphatic heterocycles. The Labute approximate surface area is 317 Å². The van der Waals surface area contributed by atoms with Gasteiger partial charge in [-0.2, -0.15) is 10.4 Å². The van der Waals surface area contributed by atoms with Crippen LogP contribution in [0.25, 0.3) is 6.08 Å². The molecule has 0 spiro atoms. The first-order valence-corrected chi connectivity index (χ1v) is 16.2. The maximum atomic E-state index is 15.6. The van der Waals surface area contributed by atoms with Crippen molar-refractivity contribution in [2.75, 3.05) is 13.2 Å². The first-order chi connectivity index (χ1) is 23.9. The number of aliphatic carboxylic acids is 1. The Bertz CT molecular complexity index is 1770. The van der Waals surface area contributed by atoms with E-state index in [4.69, 9.17) is 24.2 Å². The number of hydrogen-bond acceptors (Lipinski definition) is 12. The van der Waals surface area contributed by atoms with Crippen LogP contribution in [0.3, 0.4) is 0 Å². The van der Waals surface area contributed by atoms with Gasteiger partial charge in [0.05, 0.1) is 42.6 Å². The molecule has 2 aromatic carbocycles. The van der Waals surface area contributed by atoms with Crippen LogP contribution in [0.4, 0.5) is 13.2 Å². The van der Waals surface area contributed by atoms with Crippen molar-refractivity contribution in [3.05, 3.63) is 101 Å². The van der Waals surface area contributed by atoms with Crippen LogP contribution in [0.5, 0.6) is 0 Å². The van der Waals surface area contributed by atoms with E-state index in [9.17, 15) is 28.3 Å². The van der Waals surface area contributed by atoms with Gasteiger partial charge in [-0.15, -0.1) is 11.8 Å². The number of rotatable bonds is 15. The topological polar surface area (TPSA) is 166 Å². The third-order valence-electron chi connectivity index (χ3n) is 7.46. The van der Waals surface area contributed by atoms with Gasteiger partial charge in [0.15, 0.2) is 11.9 Å². The molecule has 1 aliphatic rings. The first-order valence-electron chi connectivity index (χ1n) is 15.2. The Hall–Kier alpha value is -3.98. The van der Waals surface area contributed by atoms with Crippen LogP contribution in [0.15, 0.2) is 67.3 Å². The van der Waals surface area contributed by atoms with E-state index in [0.29, 0.717) is 11.6 Å². The number of hydrogen-bond donors (Lipinski definition) is 0. The zero-order valence-electron chi connectivity index (χ0n) is 27.9. The van der Waals surface area contributed by atoms with Gasteiger partial charge in [0.1, 0.15) is 36.2 Å². The third-order valence-corrected chi connectivity index (χ3v) is 8.91. The molecule has 1 unspecified atom stereocenters. The van der Waals surface area contributed by atoms with Gasteiger partial charge in [-0.3, -0.25) is 9.59 Å². The van der Waals surface area contributed by atoms with Crippen LogP contribution in [-0.2, 0) is 45.5 Å². The van der Waals surface area contributed by atoms with Gasteiger partial charge in [0.2, 0.25) is 0 Å². The number of ether oxygens (including phenoxy) is 4. The van der Waals surface area contributed by atoms with Crippen molar-refractivity contribution in [2.24, 2.45) is 0 Å². The van der Waals surface area contributed by atoms with Crippen LogP contribution in [0.1, 0.15) is 43.4 Å². The molecule has 2 heterocycles. The van der Waals surface area contributed by atoms with Gasteiger partial charge in [0.25, 0.3) is 0 Å². The number of aromatic nitrogens is 3. The molecule has 0 N–H and O–H groups in total. The number of carbonyl (C=O) groups excluding carboxylic acids is 3. The molecule has 0 bridgehead atoms. The largest absolute Gasteiger partial charge is 1.00 e. The fourth-order valence-electron chi connectivity index (χ4n) is 5.05.